The highest BCUT2D eigenvalue weighted by Crippen LogP contribution is 2.22. The van der Waals surface area contributed by atoms with Gasteiger partial charge >= 0.3 is 0 Å². The highest BCUT2D eigenvalue weighted by molar-refractivity contribution is 6.21. The average Bonchev–Trinajstić information content (AvgIpc) is 2.72. The molecule has 1 saturated heterocycles. The van der Waals surface area contributed by atoms with Crippen LogP contribution in [0, 0.1) is 0 Å². The number of ether oxygens (including phenoxy) is 1. The maximum atomic E-state index is 12.3. The van der Waals surface area contributed by atoms with Crippen LogP contribution in [0.4, 0.5) is 0 Å². The van der Waals surface area contributed by atoms with Crippen LogP contribution in [0.25, 0.3) is 0 Å². The molecule has 0 aliphatic carbocycles. The maximum absolute atomic E-state index is 12.3. The molecule has 0 spiro atoms. The Hall–Kier alpha value is -1.72. The van der Waals surface area contributed by atoms with Crippen LogP contribution in [0.3, 0.4) is 0 Å². The Kier molecular flexibility index (Phi) is 4.27. The molecule has 1 aromatic rings. The van der Waals surface area contributed by atoms with Crippen molar-refractivity contribution in [2.45, 2.75) is 32.5 Å². The summed E-state index contributed by atoms with van der Waals surface area (Å²) in [5.41, 5.74) is 1.06. The summed E-state index contributed by atoms with van der Waals surface area (Å²) < 4.78 is 5.71. The number of carbonyl (C=O) groups excluding carboxylic acids is 2. The van der Waals surface area contributed by atoms with E-state index in [1.807, 2.05) is 0 Å². The minimum atomic E-state index is -0.163. The third-order valence-electron chi connectivity index (χ3n) is 4.23. The van der Waals surface area contributed by atoms with Crippen LogP contribution in [-0.4, -0.2) is 60.0 Å². The van der Waals surface area contributed by atoms with E-state index in [2.05, 4.69) is 18.7 Å². The molecule has 118 valence electrons. The Bertz CT molecular complexity index is 542. The van der Waals surface area contributed by atoms with Crippen LogP contribution < -0.4 is 0 Å². The SMILES string of the molecule is C[C@@H]1CN(CCCN2C(=O)c3ccccc3C2=O)C[C@H](C)O1. The fourth-order valence-corrected chi connectivity index (χ4v) is 3.36. The number of morpholine rings is 1. The lowest BCUT2D eigenvalue weighted by Gasteiger charge is -2.35. The van der Waals surface area contributed by atoms with Crippen molar-refractivity contribution in [1.82, 2.24) is 9.80 Å². The Balaban J connectivity index is 1.55. The number of carbonyl (C=O) groups is 2. The van der Waals surface area contributed by atoms with Gasteiger partial charge in [-0.3, -0.25) is 19.4 Å². The minimum absolute atomic E-state index is 0.163. The van der Waals surface area contributed by atoms with Crippen LogP contribution in [0.15, 0.2) is 24.3 Å². The smallest absolute Gasteiger partial charge is 0.261 e. The predicted molar refractivity (Wildman–Crippen MR) is 82.9 cm³/mol. The van der Waals surface area contributed by atoms with Crippen molar-refractivity contribution in [2.75, 3.05) is 26.2 Å². The molecule has 0 bridgehead atoms. The van der Waals surface area contributed by atoms with Gasteiger partial charge in [0.25, 0.3) is 11.8 Å². The van der Waals surface area contributed by atoms with E-state index >= 15 is 0 Å². The first-order valence-electron chi connectivity index (χ1n) is 7.89. The maximum Gasteiger partial charge on any atom is 0.261 e. The summed E-state index contributed by atoms with van der Waals surface area (Å²) in [5, 5.41) is 0. The fraction of sp³-hybridized carbons (Fsp3) is 0.529. The van der Waals surface area contributed by atoms with E-state index in [0.29, 0.717) is 17.7 Å². The third kappa shape index (κ3) is 2.91. The molecule has 2 aliphatic rings. The molecule has 0 saturated carbocycles. The zero-order chi connectivity index (χ0) is 15.7. The van der Waals surface area contributed by atoms with E-state index in [1.54, 1.807) is 24.3 Å². The molecule has 2 heterocycles. The van der Waals surface area contributed by atoms with Gasteiger partial charge in [0.2, 0.25) is 0 Å². The van der Waals surface area contributed by atoms with E-state index in [-0.39, 0.29) is 24.0 Å². The summed E-state index contributed by atoms with van der Waals surface area (Å²) in [7, 11) is 0. The lowest BCUT2D eigenvalue weighted by Crippen LogP contribution is -2.46. The number of hydrogen-bond donors (Lipinski definition) is 0. The zero-order valence-corrected chi connectivity index (χ0v) is 13.1. The fourth-order valence-electron chi connectivity index (χ4n) is 3.36. The van der Waals surface area contributed by atoms with Crippen molar-refractivity contribution in [3.05, 3.63) is 35.4 Å². The number of benzene rings is 1. The minimum Gasteiger partial charge on any atom is -0.373 e. The van der Waals surface area contributed by atoms with Gasteiger partial charge in [-0.25, -0.2) is 0 Å². The summed E-state index contributed by atoms with van der Waals surface area (Å²) in [4.78, 5) is 28.2. The van der Waals surface area contributed by atoms with Crippen LogP contribution in [0.5, 0.6) is 0 Å². The van der Waals surface area contributed by atoms with Gasteiger partial charge in [0.1, 0.15) is 0 Å². The molecule has 2 atom stereocenters. The van der Waals surface area contributed by atoms with E-state index in [4.69, 9.17) is 4.74 Å². The van der Waals surface area contributed by atoms with Crippen LogP contribution in [0.2, 0.25) is 0 Å². The Morgan fingerprint density at radius 3 is 2.09 bits per heavy atom. The summed E-state index contributed by atoms with van der Waals surface area (Å²) in [6.45, 7) is 7.33. The lowest BCUT2D eigenvalue weighted by atomic mass is 10.1. The van der Waals surface area contributed by atoms with Gasteiger partial charge in [-0.05, 0) is 32.4 Å². The second-order valence-electron chi connectivity index (χ2n) is 6.18. The number of hydrogen-bond acceptors (Lipinski definition) is 4. The Morgan fingerprint density at radius 1 is 1.00 bits per heavy atom. The molecule has 1 fully saturated rings. The van der Waals surface area contributed by atoms with Gasteiger partial charge in [-0.2, -0.15) is 0 Å². The first kappa shape index (κ1) is 15.2. The molecule has 0 unspecified atom stereocenters. The molecular weight excluding hydrogens is 280 g/mol. The molecule has 1 aromatic carbocycles. The largest absolute Gasteiger partial charge is 0.373 e. The second-order valence-corrected chi connectivity index (χ2v) is 6.18. The van der Waals surface area contributed by atoms with Crippen molar-refractivity contribution in [3.8, 4) is 0 Å². The first-order valence-corrected chi connectivity index (χ1v) is 7.89. The molecule has 0 aromatic heterocycles. The lowest BCUT2D eigenvalue weighted by molar-refractivity contribution is -0.0682. The quantitative estimate of drug-likeness (QED) is 0.796. The normalized spacial score (nSPS) is 25.6. The molecule has 0 N–H and O–H groups in total. The van der Waals surface area contributed by atoms with Gasteiger partial charge < -0.3 is 4.74 Å². The Morgan fingerprint density at radius 2 is 1.55 bits per heavy atom. The Labute approximate surface area is 130 Å². The standard InChI is InChI=1S/C17H22N2O3/c1-12-10-18(11-13(2)22-12)8-5-9-19-16(20)14-6-3-4-7-15(14)17(19)21/h3-4,6-7,12-13H,5,8-11H2,1-2H3/t12-,13+. The van der Waals surface area contributed by atoms with E-state index in [0.717, 1.165) is 26.1 Å². The number of nitrogens with zero attached hydrogens (tertiary/aromatic N) is 2. The molecule has 22 heavy (non-hydrogen) atoms. The number of amides is 2. The number of rotatable bonds is 4. The highest BCUT2D eigenvalue weighted by atomic mass is 16.5. The molecule has 2 amide bonds. The van der Waals surface area contributed by atoms with Crippen molar-refractivity contribution < 1.29 is 14.3 Å². The average molecular weight is 302 g/mol. The second kappa shape index (κ2) is 6.18. The van der Waals surface area contributed by atoms with E-state index in [9.17, 15) is 9.59 Å². The molecule has 5 heteroatoms. The third-order valence-corrected chi connectivity index (χ3v) is 4.23. The summed E-state index contributed by atoms with van der Waals surface area (Å²) in [6.07, 6.45) is 1.27. The van der Waals surface area contributed by atoms with E-state index in [1.165, 1.54) is 4.90 Å². The first-order chi connectivity index (χ1) is 10.6. The van der Waals surface area contributed by atoms with Crippen molar-refractivity contribution in [3.63, 3.8) is 0 Å². The van der Waals surface area contributed by atoms with Crippen LogP contribution in [-0.2, 0) is 4.74 Å². The van der Waals surface area contributed by atoms with Gasteiger partial charge in [0, 0.05) is 26.2 Å². The van der Waals surface area contributed by atoms with Crippen LogP contribution in [0.1, 0.15) is 41.0 Å². The highest BCUT2D eigenvalue weighted by Gasteiger charge is 2.34. The monoisotopic (exact) mass is 302 g/mol. The molecule has 3 rings (SSSR count). The number of fused-ring (bicyclic) bond motifs is 1. The van der Waals surface area contributed by atoms with Crippen molar-refractivity contribution >= 4 is 11.8 Å². The topological polar surface area (TPSA) is 49.9 Å². The molecule has 2 aliphatic heterocycles. The van der Waals surface area contributed by atoms with Gasteiger partial charge in [0.15, 0.2) is 0 Å². The summed E-state index contributed by atoms with van der Waals surface area (Å²) in [6, 6.07) is 7.04. The van der Waals surface area contributed by atoms with E-state index < -0.39 is 0 Å². The van der Waals surface area contributed by atoms with Gasteiger partial charge in [-0.15, -0.1) is 0 Å². The predicted octanol–water partition coefficient (Wildman–Crippen LogP) is 1.78. The number of imide groups is 1. The zero-order valence-electron chi connectivity index (χ0n) is 13.1. The summed E-state index contributed by atoms with van der Waals surface area (Å²) in [5.74, 6) is -0.325. The molecule has 0 radical (unpaired) electrons. The van der Waals surface area contributed by atoms with Gasteiger partial charge in [-0.1, -0.05) is 12.1 Å². The molecular formula is C17H22N2O3. The van der Waals surface area contributed by atoms with Gasteiger partial charge in [0.05, 0.1) is 23.3 Å². The molecule has 5 nitrogen and oxygen atoms in total. The van der Waals surface area contributed by atoms with Crippen molar-refractivity contribution in [2.24, 2.45) is 0 Å². The van der Waals surface area contributed by atoms with Crippen LogP contribution >= 0.6 is 0 Å². The van der Waals surface area contributed by atoms with Crippen molar-refractivity contribution in [1.29, 1.82) is 0 Å². The summed E-state index contributed by atoms with van der Waals surface area (Å²) >= 11 is 0.